The average molecular weight is 210 g/mol. The lowest BCUT2D eigenvalue weighted by Crippen LogP contribution is -2.10. The van der Waals surface area contributed by atoms with Crippen molar-refractivity contribution in [2.45, 2.75) is 51.4 Å². The molecule has 0 spiro atoms. The largest absolute Gasteiger partial charge is 0.469 e. The first kappa shape index (κ1) is 11.0. The minimum atomic E-state index is -0.0212. The second kappa shape index (κ2) is 5.00. The summed E-state index contributed by atoms with van der Waals surface area (Å²) in [5.41, 5.74) is 0. The Labute approximate surface area is 92.4 Å². The minimum Gasteiger partial charge on any atom is -0.469 e. The van der Waals surface area contributed by atoms with E-state index in [4.69, 9.17) is 4.74 Å². The molecule has 0 heterocycles. The standard InChI is InChI=1S/C13H22O2/c1-15-13(14)9-10-6-7-12(8-10)11-4-2-3-5-11/h10-12H,2-9H2,1H3/t10-,12?/m0/s1. The van der Waals surface area contributed by atoms with Crippen molar-refractivity contribution in [3.05, 3.63) is 0 Å². The van der Waals surface area contributed by atoms with Crippen molar-refractivity contribution >= 4 is 5.97 Å². The van der Waals surface area contributed by atoms with E-state index in [0.29, 0.717) is 12.3 Å². The van der Waals surface area contributed by atoms with Crippen LogP contribution in [0.1, 0.15) is 51.4 Å². The molecule has 0 aromatic heterocycles. The van der Waals surface area contributed by atoms with E-state index >= 15 is 0 Å². The molecule has 2 aliphatic carbocycles. The van der Waals surface area contributed by atoms with Crippen LogP contribution in [0.15, 0.2) is 0 Å². The van der Waals surface area contributed by atoms with E-state index in [1.165, 1.54) is 52.1 Å². The van der Waals surface area contributed by atoms with E-state index in [1.807, 2.05) is 0 Å². The predicted octanol–water partition coefficient (Wildman–Crippen LogP) is 3.16. The smallest absolute Gasteiger partial charge is 0.305 e. The van der Waals surface area contributed by atoms with Crippen LogP contribution >= 0.6 is 0 Å². The Kier molecular flexibility index (Phi) is 3.66. The van der Waals surface area contributed by atoms with Gasteiger partial charge in [-0.05, 0) is 37.0 Å². The lowest BCUT2D eigenvalue weighted by molar-refractivity contribution is -0.141. The molecule has 0 radical (unpaired) electrons. The third-order valence-electron chi connectivity index (χ3n) is 4.33. The van der Waals surface area contributed by atoms with E-state index in [1.54, 1.807) is 0 Å². The molecule has 0 aromatic carbocycles. The molecule has 0 bridgehead atoms. The molecule has 0 saturated heterocycles. The number of rotatable bonds is 3. The topological polar surface area (TPSA) is 26.3 Å². The van der Waals surface area contributed by atoms with Crippen LogP contribution in [0.4, 0.5) is 0 Å². The van der Waals surface area contributed by atoms with Crippen LogP contribution in [0, 0.1) is 17.8 Å². The summed E-state index contributed by atoms with van der Waals surface area (Å²) in [6, 6.07) is 0. The molecule has 0 aliphatic heterocycles. The van der Waals surface area contributed by atoms with Crippen molar-refractivity contribution in [2.75, 3.05) is 7.11 Å². The summed E-state index contributed by atoms with van der Waals surface area (Å²) in [7, 11) is 1.49. The third-order valence-corrected chi connectivity index (χ3v) is 4.33. The van der Waals surface area contributed by atoms with E-state index in [0.717, 1.165) is 11.8 Å². The van der Waals surface area contributed by atoms with Crippen molar-refractivity contribution in [1.82, 2.24) is 0 Å². The molecule has 2 aliphatic rings. The SMILES string of the molecule is COC(=O)C[C@H]1CCC(C2CCCC2)C1. The van der Waals surface area contributed by atoms with Crippen molar-refractivity contribution < 1.29 is 9.53 Å². The Bertz CT molecular complexity index is 219. The van der Waals surface area contributed by atoms with Gasteiger partial charge in [0.05, 0.1) is 7.11 Å². The van der Waals surface area contributed by atoms with Gasteiger partial charge in [-0.3, -0.25) is 4.79 Å². The van der Waals surface area contributed by atoms with Gasteiger partial charge in [-0.25, -0.2) is 0 Å². The van der Waals surface area contributed by atoms with Gasteiger partial charge in [0.1, 0.15) is 0 Å². The van der Waals surface area contributed by atoms with E-state index in [2.05, 4.69) is 0 Å². The second-order valence-corrected chi connectivity index (χ2v) is 5.26. The fourth-order valence-corrected chi connectivity index (χ4v) is 3.48. The molecule has 15 heavy (non-hydrogen) atoms. The van der Waals surface area contributed by atoms with E-state index in [-0.39, 0.29) is 5.97 Å². The van der Waals surface area contributed by atoms with Gasteiger partial charge in [0.15, 0.2) is 0 Å². The molecule has 0 N–H and O–H groups in total. The Morgan fingerprint density at radius 2 is 1.87 bits per heavy atom. The van der Waals surface area contributed by atoms with Crippen LogP contribution < -0.4 is 0 Å². The fourth-order valence-electron chi connectivity index (χ4n) is 3.48. The number of esters is 1. The predicted molar refractivity (Wildman–Crippen MR) is 59.4 cm³/mol. The van der Waals surface area contributed by atoms with Crippen molar-refractivity contribution in [2.24, 2.45) is 17.8 Å². The van der Waals surface area contributed by atoms with Crippen molar-refractivity contribution in [1.29, 1.82) is 0 Å². The summed E-state index contributed by atoms with van der Waals surface area (Å²) >= 11 is 0. The lowest BCUT2D eigenvalue weighted by atomic mass is 9.88. The average Bonchev–Trinajstić information content (AvgIpc) is 2.85. The first-order chi connectivity index (χ1) is 7.29. The summed E-state index contributed by atoms with van der Waals surface area (Å²) in [5, 5.41) is 0. The lowest BCUT2D eigenvalue weighted by Gasteiger charge is -2.17. The zero-order chi connectivity index (χ0) is 10.7. The maximum Gasteiger partial charge on any atom is 0.305 e. The van der Waals surface area contributed by atoms with Crippen LogP contribution in [-0.2, 0) is 9.53 Å². The zero-order valence-corrected chi connectivity index (χ0v) is 9.71. The number of carbonyl (C=O) groups excluding carboxylic acids is 1. The molecule has 0 aromatic rings. The highest BCUT2D eigenvalue weighted by molar-refractivity contribution is 5.69. The van der Waals surface area contributed by atoms with Gasteiger partial charge >= 0.3 is 5.97 Å². The van der Waals surface area contributed by atoms with Gasteiger partial charge in [0.25, 0.3) is 0 Å². The molecule has 86 valence electrons. The maximum atomic E-state index is 11.2. The number of carbonyl (C=O) groups is 1. The first-order valence-electron chi connectivity index (χ1n) is 6.36. The summed E-state index contributed by atoms with van der Waals surface area (Å²) in [4.78, 5) is 11.2. The Balaban J connectivity index is 1.76. The molecule has 1 unspecified atom stereocenters. The number of ether oxygens (including phenoxy) is 1. The summed E-state index contributed by atoms with van der Waals surface area (Å²) in [6.45, 7) is 0. The molecule has 2 saturated carbocycles. The Hall–Kier alpha value is -0.530. The number of hydrogen-bond acceptors (Lipinski definition) is 2. The Morgan fingerprint density at radius 1 is 1.13 bits per heavy atom. The number of hydrogen-bond donors (Lipinski definition) is 0. The van der Waals surface area contributed by atoms with Crippen LogP contribution in [0.25, 0.3) is 0 Å². The molecule has 2 heteroatoms. The quantitative estimate of drug-likeness (QED) is 0.669. The van der Waals surface area contributed by atoms with Gasteiger partial charge in [0, 0.05) is 6.42 Å². The van der Waals surface area contributed by atoms with Gasteiger partial charge in [-0.1, -0.05) is 25.7 Å². The van der Waals surface area contributed by atoms with Crippen molar-refractivity contribution in [3.63, 3.8) is 0 Å². The van der Waals surface area contributed by atoms with Gasteiger partial charge < -0.3 is 4.74 Å². The monoisotopic (exact) mass is 210 g/mol. The highest BCUT2D eigenvalue weighted by Crippen LogP contribution is 2.43. The molecular formula is C13H22O2. The highest BCUT2D eigenvalue weighted by Gasteiger charge is 2.33. The third kappa shape index (κ3) is 2.73. The molecule has 2 fully saturated rings. The van der Waals surface area contributed by atoms with Gasteiger partial charge in [0.2, 0.25) is 0 Å². The van der Waals surface area contributed by atoms with Gasteiger partial charge in [-0.15, -0.1) is 0 Å². The normalized spacial score (nSPS) is 32.1. The maximum absolute atomic E-state index is 11.2. The van der Waals surface area contributed by atoms with Crippen LogP contribution in [0.2, 0.25) is 0 Å². The first-order valence-corrected chi connectivity index (χ1v) is 6.36. The highest BCUT2D eigenvalue weighted by atomic mass is 16.5. The molecule has 0 amide bonds. The van der Waals surface area contributed by atoms with Crippen LogP contribution in [-0.4, -0.2) is 13.1 Å². The van der Waals surface area contributed by atoms with Crippen LogP contribution in [0.5, 0.6) is 0 Å². The molecule has 2 nitrogen and oxygen atoms in total. The summed E-state index contributed by atoms with van der Waals surface area (Å²) < 4.78 is 4.73. The summed E-state index contributed by atoms with van der Waals surface area (Å²) in [5.74, 6) is 2.49. The minimum absolute atomic E-state index is 0.0212. The van der Waals surface area contributed by atoms with Gasteiger partial charge in [-0.2, -0.15) is 0 Å². The summed E-state index contributed by atoms with van der Waals surface area (Å²) in [6.07, 6.45) is 10.3. The van der Waals surface area contributed by atoms with Crippen LogP contribution in [0.3, 0.4) is 0 Å². The van der Waals surface area contributed by atoms with E-state index < -0.39 is 0 Å². The number of methoxy groups -OCH3 is 1. The van der Waals surface area contributed by atoms with Crippen molar-refractivity contribution in [3.8, 4) is 0 Å². The molecule has 2 rings (SSSR count). The zero-order valence-electron chi connectivity index (χ0n) is 9.71. The molecular weight excluding hydrogens is 188 g/mol. The Morgan fingerprint density at radius 3 is 2.53 bits per heavy atom. The second-order valence-electron chi connectivity index (χ2n) is 5.26. The van der Waals surface area contributed by atoms with E-state index in [9.17, 15) is 4.79 Å². The molecule has 2 atom stereocenters. The fraction of sp³-hybridized carbons (Fsp3) is 0.923.